The molecule has 0 unspecified atom stereocenters. The maximum atomic E-state index is 13.8. The lowest BCUT2D eigenvalue weighted by Crippen LogP contribution is -2.37. The SMILES string of the molecule is CCCCCOc1ccc(N2C(=O)[C@H]3[C@H](ON(c4ccccc4)[C@H]3c3ccc([N+](=O)[O-])cc3O)C2=O)cc1. The molecule has 0 aromatic heterocycles. The molecule has 38 heavy (non-hydrogen) atoms. The third-order valence-corrected chi connectivity index (χ3v) is 6.78. The van der Waals surface area contributed by atoms with Crippen LogP contribution >= 0.6 is 0 Å². The highest BCUT2D eigenvalue weighted by Gasteiger charge is 2.60. The summed E-state index contributed by atoms with van der Waals surface area (Å²) >= 11 is 0. The molecule has 5 rings (SSSR count). The van der Waals surface area contributed by atoms with Crippen molar-refractivity contribution in [3.05, 3.63) is 88.5 Å². The van der Waals surface area contributed by atoms with E-state index in [1.54, 1.807) is 48.5 Å². The molecule has 3 aromatic rings. The molecule has 3 aromatic carbocycles. The number of phenolic OH excluding ortho intramolecular Hbond substituents is 1. The van der Waals surface area contributed by atoms with E-state index >= 15 is 0 Å². The fourth-order valence-electron chi connectivity index (χ4n) is 4.91. The Labute approximate surface area is 219 Å². The Morgan fingerprint density at radius 1 is 0.974 bits per heavy atom. The van der Waals surface area contributed by atoms with Gasteiger partial charge < -0.3 is 9.84 Å². The average molecular weight is 518 g/mol. The summed E-state index contributed by atoms with van der Waals surface area (Å²) < 4.78 is 5.74. The van der Waals surface area contributed by atoms with Gasteiger partial charge in [0.15, 0.2) is 6.10 Å². The second kappa shape index (κ2) is 10.5. The number of unbranched alkanes of at least 4 members (excludes halogenated alkanes) is 2. The van der Waals surface area contributed by atoms with Gasteiger partial charge in [-0.15, -0.1) is 0 Å². The first-order valence-corrected chi connectivity index (χ1v) is 12.5. The number of amides is 2. The summed E-state index contributed by atoms with van der Waals surface area (Å²) in [7, 11) is 0. The number of non-ortho nitro benzene ring substituents is 1. The molecule has 0 spiro atoms. The van der Waals surface area contributed by atoms with E-state index in [1.807, 2.05) is 6.07 Å². The predicted octanol–water partition coefficient (Wildman–Crippen LogP) is 4.92. The number of fused-ring (bicyclic) bond motifs is 1. The zero-order valence-corrected chi connectivity index (χ0v) is 20.7. The fraction of sp³-hybridized carbons (Fsp3) is 0.286. The van der Waals surface area contributed by atoms with Gasteiger partial charge in [0, 0.05) is 11.6 Å². The summed E-state index contributed by atoms with van der Waals surface area (Å²) in [4.78, 5) is 45.0. The topological polar surface area (TPSA) is 122 Å². The minimum Gasteiger partial charge on any atom is -0.507 e. The fourth-order valence-corrected chi connectivity index (χ4v) is 4.91. The number of carbonyl (C=O) groups excluding carboxylic acids is 2. The van der Waals surface area contributed by atoms with Crippen LogP contribution in [0.4, 0.5) is 17.1 Å². The Bertz CT molecular complexity index is 1350. The Hall–Kier alpha value is -4.44. The standard InChI is InChI=1S/C28H27N3O7/c1-2-3-7-16-37-21-13-10-18(11-14-21)29-27(33)24-25(22-15-12-20(31(35)36)17-23(22)32)30(38-26(24)28(29)34)19-8-5-4-6-9-19/h4-6,8-15,17,24-26,32H,2-3,7,16H2,1H3/t24-,25+,26+/m1/s1. The van der Waals surface area contributed by atoms with Gasteiger partial charge in [0.05, 0.1) is 35.0 Å². The highest BCUT2D eigenvalue weighted by Crippen LogP contribution is 2.49. The van der Waals surface area contributed by atoms with E-state index in [1.165, 1.54) is 17.2 Å². The van der Waals surface area contributed by atoms with Gasteiger partial charge in [-0.25, -0.2) is 9.96 Å². The van der Waals surface area contributed by atoms with E-state index in [4.69, 9.17) is 9.57 Å². The van der Waals surface area contributed by atoms with Crippen LogP contribution in [0, 0.1) is 16.0 Å². The number of hydrogen-bond donors (Lipinski definition) is 1. The van der Waals surface area contributed by atoms with Gasteiger partial charge in [0.25, 0.3) is 11.6 Å². The summed E-state index contributed by atoms with van der Waals surface area (Å²) in [5, 5.41) is 23.4. The van der Waals surface area contributed by atoms with E-state index in [2.05, 4.69) is 6.92 Å². The number of nitro benzene ring substituents is 1. The Morgan fingerprint density at radius 2 is 1.71 bits per heavy atom. The number of hydrogen-bond acceptors (Lipinski definition) is 8. The number of benzene rings is 3. The number of aromatic hydroxyl groups is 1. The van der Waals surface area contributed by atoms with Crippen LogP contribution in [0.5, 0.6) is 11.5 Å². The second-order valence-electron chi connectivity index (χ2n) is 9.22. The highest BCUT2D eigenvalue weighted by molar-refractivity contribution is 6.24. The lowest BCUT2D eigenvalue weighted by molar-refractivity contribution is -0.385. The van der Waals surface area contributed by atoms with Crippen LogP contribution in [-0.4, -0.2) is 34.6 Å². The van der Waals surface area contributed by atoms with Crippen molar-refractivity contribution in [1.82, 2.24) is 0 Å². The number of para-hydroxylation sites is 1. The number of carbonyl (C=O) groups is 2. The van der Waals surface area contributed by atoms with Gasteiger partial charge in [0.2, 0.25) is 5.91 Å². The lowest BCUT2D eigenvalue weighted by atomic mass is 9.90. The zero-order chi connectivity index (χ0) is 26.8. The van der Waals surface area contributed by atoms with Gasteiger partial charge in [-0.2, -0.15) is 0 Å². The number of nitrogens with zero attached hydrogens (tertiary/aromatic N) is 3. The molecule has 2 saturated heterocycles. The number of nitro groups is 1. The van der Waals surface area contributed by atoms with Crippen LogP contribution in [0.15, 0.2) is 72.8 Å². The number of phenols is 1. The molecule has 2 aliphatic heterocycles. The number of anilines is 2. The molecule has 1 N–H and O–H groups in total. The monoisotopic (exact) mass is 517 g/mol. The van der Waals surface area contributed by atoms with Crippen LogP contribution in [0.1, 0.15) is 37.8 Å². The quantitative estimate of drug-likeness (QED) is 0.184. The normalized spacial score (nSPS) is 20.6. The van der Waals surface area contributed by atoms with E-state index in [0.29, 0.717) is 23.7 Å². The summed E-state index contributed by atoms with van der Waals surface area (Å²) in [6.07, 6.45) is 1.97. The van der Waals surface area contributed by atoms with Gasteiger partial charge in [0.1, 0.15) is 17.4 Å². The molecule has 2 amide bonds. The molecule has 2 fully saturated rings. The van der Waals surface area contributed by atoms with Crippen molar-refractivity contribution in [3.63, 3.8) is 0 Å². The Balaban J connectivity index is 1.46. The van der Waals surface area contributed by atoms with E-state index in [-0.39, 0.29) is 17.0 Å². The molecular weight excluding hydrogens is 490 g/mol. The first-order chi connectivity index (χ1) is 18.4. The molecule has 0 bridgehead atoms. The van der Waals surface area contributed by atoms with Crippen LogP contribution in [-0.2, 0) is 14.4 Å². The minimum atomic E-state index is -1.13. The minimum absolute atomic E-state index is 0.241. The average Bonchev–Trinajstić information content (AvgIpc) is 3.43. The molecule has 10 heteroatoms. The van der Waals surface area contributed by atoms with Crippen LogP contribution in [0.25, 0.3) is 0 Å². The van der Waals surface area contributed by atoms with E-state index < -0.39 is 34.8 Å². The number of ether oxygens (including phenoxy) is 1. The number of rotatable bonds is 9. The molecule has 3 atom stereocenters. The van der Waals surface area contributed by atoms with Crippen molar-refractivity contribution < 1.29 is 29.2 Å². The Kier molecular flexibility index (Phi) is 6.97. The van der Waals surface area contributed by atoms with E-state index in [0.717, 1.165) is 30.2 Å². The van der Waals surface area contributed by atoms with Crippen molar-refractivity contribution in [2.45, 2.75) is 38.3 Å². The predicted molar refractivity (Wildman–Crippen MR) is 139 cm³/mol. The van der Waals surface area contributed by atoms with Crippen molar-refractivity contribution in [3.8, 4) is 11.5 Å². The van der Waals surface area contributed by atoms with Crippen LogP contribution < -0.4 is 14.7 Å². The first kappa shape index (κ1) is 25.2. The molecule has 10 nitrogen and oxygen atoms in total. The van der Waals surface area contributed by atoms with Gasteiger partial charge in [-0.05, 0) is 48.9 Å². The van der Waals surface area contributed by atoms with Gasteiger partial charge in [-0.3, -0.25) is 24.5 Å². The smallest absolute Gasteiger partial charge is 0.273 e. The maximum Gasteiger partial charge on any atom is 0.273 e. The molecule has 0 saturated carbocycles. The molecule has 196 valence electrons. The van der Waals surface area contributed by atoms with Crippen molar-refractivity contribution in [2.24, 2.45) is 5.92 Å². The molecule has 0 radical (unpaired) electrons. The molecule has 2 aliphatic rings. The summed E-state index contributed by atoms with van der Waals surface area (Å²) in [6, 6.07) is 18.4. The van der Waals surface area contributed by atoms with Gasteiger partial charge in [-0.1, -0.05) is 38.0 Å². The van der Waals surface area contributed by atoms with Crippen LogP contribution in [0.2, 0.25) is 0 Å². The second-order valence-corrected chi connectivity index (χ2v) is 9.22. The first-order valence-electron chi connectivity index (χ1n) is 12.5. The molecule has 2 heterocycles. The number of imide groups is 1. The van der Waals surface area contributed by atoms with Crippen molar-refractivity contribution >= 4 is 28.9 Å². The van der Waals surface area contributed by atoms with Crippen molar-refractivity contribution in [2.75, 3.05) is 16.6 Å². The van der Waals surface area contributed by atoms with Gasteiger partial charge >= 0.3 is 0 Å². The highest BCUT2D eigenvalue weighted by atomic mass is 16.7. The molecule has 0 aliphatic carbocycles. The maximum absolute atomic E-state index is 13.8. The summed E-state index contributed by atoms with van der Waals surface area (Å²) in [6.45, 7) is 2.70. The van der Waals surface area contributed by atoms with Crippen molar-refractivity contribution in [1.29, 1.82) is 0 Å². The molecular formula is C28H27N3O7. The van der Waals surface area contributed by atoms with Crippen LogP contribution in [0.3, 0.4) is 0 Å². The number of hydroxylamine groups is 1. The lowest BCUT2D eigenvalue weighted by Gasteiger charge is -2.29. The summed E-state index contributed by atoms with van der Waals surface area (Å²) in [5.74, 6) is -1.72. The van der Waals surface area contributed by atoms with E-state index in [9.17, 15) is 24.8 Å². The largest absolute Gasteiger partial charge is 0.507 e. The zero-order valence-electron chi connectivity index (χ0n) is 20.7. The third-order valence-electron chi connectivity index (χ3n) is 6.78. The third kappa shape index (κ3) is 4.54. The Morgan fingerprint density at radius 3 is 2.37 bits per heavy atom. The summed E-state index contributed by atoms with van der Waals surface area (Å²) in [5.41, 5.74) is 0.907.